The van der Waals surface area contributed by atoms with Crippen molar-refractivity contribution in [2.75, 3.05) is 31.0 Å². The molecule has 1 aliphatic heterocycles. The first kappa shape index (κ1) is 13.7. The van der Waals surface area contributed by atoms with Crippen molar-refractivity contribution in [2.45, 2.75) is 6.92 Å². The molecule has 0 atom stereocenters. The van der Waals surface area contributed by atoms with Gasteiger partial charge in [-0.15, -0.1) is 0 Å². The zero-order chi connectivity index (χ0) is 13.2. The van der Waals surface area contributed by atoms with Crippen LogP contribution in [0.4, 0.5) is 5.82 Å². The Balaban J connectivity index is 2.16. The molecule has 8 heteroatoms. The predicted octanol–water partition coefficient (Wildman–Crippen LogP) is 1.14. The van der Waals surface area contributed by atoms with Crippen LogP contribution in [0.25, 0.3) is 0 Å². The SMILES string of the molecule is Cc1cc(Br)cnc1NS(=O)(=O)N1CCOCC1. The average molecular weight is 336 g/mol. The van der Waals surface area contributed by atoms with E-state index < -0.39 is 10.2 Å². The molecule has 0 aromatic carbocycles. The number of rotatable bonds is 3. The van der Waals surface area contributed by atoms with E-state index >= 15 is 0 Å². The quantitative estimate of drug-likeness (QED) is 0.899. The molecule has 0 aliphatic carbocycles. The van der Waals surface area contributed by atoms with E-state index in [0.29, 0.717) is 32.1 Å². The zero-order valence-corrected chi connectivity index (χ0v) is 12.3. The minimum absolute atomic E-state index is 0.352. The van der Waals surface area contributed by atoms with Crippen molar-refractivity contribution in [3.05, 3.63) is 22.3 Å². The maximum atomic E-state index is 12.1. The average Bonchev–Trinajstić information content (AvgIpc) is 2.34. The van der Waals surface area contributed by atoms with Gasteiger partial charge in [-0.3, -0.25) is 4.72 Å². The lowest BCUT2D eigenvalue weighted by Crippen LogP contribution is -2.43. The second-order valence-electron chi connectivity index (χ2n) is 3.94. The van der Waals surface area contributed by atoms with Crippen LogP contribution < -0.4 is 4.72 Å². The Morgan fingerprint density at radius 3 is 2.72 bits per heavy atom. The first-order valence-electron chi connectivity index (χ1n) is 5.47. The molecule has 1 N–H and O–H groups in total. The molecule has 2 rings (SSSR count). The van der Waals surface area contributed by atoms with Crippen molar-refractivity contribution in [1.82, 2.24) is 9.29 Å². The summed E-state index contributed by atoms with van der Waals surface area (Å²) in [6, 6.07) is 1.81. The fraction of sp³-hybridized carbons (Fsp3) is 0.500. The molecular weight excluding hydrogens is 322 g/mol. The molecule has 1 aromatic heterocycles. The monoisotopic (exact) mass is 335 g/mol. The Labute approximate surface area is 115 Å². The van der Waals surface area contributed by atoms with Crippen molar-refractivity contribution < 1.29 is 13.2 Å². The first-order valence-corrected chi connectivity index (χ1v) is 7.70. The van der Waals surface area contributed by atoms with Crippen LogP contribution in [-0.2, 0) is 14.9 Å². The maximum Gasteiger partial charge on any atom is 0.302 e. The summed E-state index contributed by atoms with van der Waals surface area (Å²) in [5, 5.41) is 0. The van der Waals surface area contributed by atoms with Crippen LogP contribution in [0.5, 0.6) is 0 Å². The zero-order valence-electron chi connectivity index (χ0n) is 9.89. The summed E-state index contributed by atoms with van der Waals surface area (Å²) in [7, 11) is -3.55. The predicted molar refractivity (Wildman–Crippen MR) is 71.6 cm³/mol. The smallest absolute Gasteiger partial charge is 0.302 e. The van der Waals surface area contributed by atoms with Gasteiger partial charge in [-0.2, -0.15) is 12.7 Å². The molecule has 1 fully saturated rings. The lowest BCUT2D eigenvalue weighted by atomic mass is 10.3. The first-order chi connectivity index (χ1) is 8.49. The van der Waals surface area contributed by atoms with E-state index in [0.717, 1.165) is 10.0 Å². The lowest BCUT2D eigenvalue weighted by Gasteiger charge is -2.26. The number of halogens is 1. The van der Waals surface area contributed by atoms with Crippen molar-refractivity contribution in [3.8, 4) is 0 Å². The van der Waals surface area contributed by atoms with Gasteiger partial charge in [0, 0.05) is 23.8 Å². The Morgan fingerprint density at radius 1 is 1.44 bits per heavy atom. The van der Waals surface area contributed by atoms with Crippen LogP contribution in [-0.4, -0.2) is 44.0 Å². The minimum atomic E-state index is -3.55. The number of morpholine rings is 1. The second-order valence-corrected chi connectivity index (χ2v) is 6.52. The standard InChI is InChI=1S/C10H14BrN3O3S/c1-8-6-9(11)7-12-10(8)13-18(15,16)14-2-4-17-5-3-14/h6-7H,2-5H2,1H3,(H,12,13). The number of hydrogen-bond acceptors (Lipinski definition) is 4. The molecule has 0 saturated carbocycles. The van der Waals surface area contributed by atoms with E-state index in [2.05, 4.69) is 25.6 Å². The number of ether oxygens (including phenoxy) is 1. The molecule has 0 bridgehead atoms. The van der Waals surface area contributed by atoms with Gasteiger partial charge < -0.3 is 4.74 Å². The lowest BCUT2D eigenvalue weighted by molar-refractivity contribution is 0.0733. The summed E-state index contributed by atoms with van der Waals surface area (Å²) in [5.41, 5.74) is 0.765. The Hall–Kier alpha value is -0.700. The van der Waals surface area contributed by atoms with Gasteiger partial charge in [0.15, 0.2) is 0 Å². The number of nitrogens with zero attached hydrogens (tertiary/aromatic N) is 2. The van der Waals surface area contributed by atoms with Crippen LogP contribution in [0.1, 0.15) is 5.56 Å². The van der Waals surface area contributed by atoms with Crippen LogP contribution in [0, 0.1) is 6.92 Å². The van der Waals surface area contributed by atoms with E-state index in [1.807, 2.05) is 6.07 Å². The normalized spacial score (nSPS) is 17.7. The van der Waals surface area contributed by atoms with E-state index in [1.165, 1.54) is 4.31 Å². The summed E-state index contributed by atoms with van der Waals surface area (Å²) in [5.74, 6) is 0.352. The van der Waals surface area contributed by atoms with Crippen molar-refractivity contribution in [1.29, 1.82) is 0 Å². The van der Waals surface area contributed by atoms with Crippen molar-refractivity contribution in [2.24, 2.45) is 0 Å². The van der Waals surface area contributed by atoms with Gasteiger partial charge in [0.05, 0.1) is 13.2 Å². The fourth-order valence-electron chi connectivity index (χ4n) is 1.62. The third kappa shape index (κ3) is 3.19. The van der Waals surface area contributed by atoms with Gasteiger partial charge in [0.25, 0.3) is 0 Å². The number of nitrogens with one attached hydrogen (secondary N) is 1. The summed E-state index contributed by atoms with van der Waals surface area (Å²) in [4.78, 5) is 4.06. The third-order valence-electron chi connectivity index (χ3n) is 2.58. The van der Waals surface area contributed by atoms with Gasteiger partial charge in [-0.1, -0.05) is 0 Å². The van der Waals surface area contributed by atoms with Gasteiger partial charge in [-0.05, 0) is 34.5 Å². The highest BCUT2D eigenvalue weighted by Crippen LogP contribution is 2.19. The molecule has 0 unspecified atom stereocenters. The molecular formula is C10H14BrN3O3S. The molecule has 0 spiro atoms. The molecule has 1 saturated heterocycles. The third-order valence-corrected chi connectivity index (χ3v) is 4.51. The summed E-state index contributed by atoms with van der Waals surface area (Å²) >= 11 is 3.29. The summed E-state index contributed by atoms with van der Waals surface area (Å²) in [6.07, 6.45) is 1.56. The molecule has 1 aromatic rings. The minimum Gasteiger partial charge on any atom is -0.379 e. The van der Waals surface area contributed by atoms with E-state index in [4.69, 9.17) is 4.74 Å². The Bertz CT molecular complexity index is 529. The molecule has 1 aliphatic rings. The summed E-state index contributed by atoms with van der Waals surface area (Å²) < 4.78 is 34.0. The van der Waals surface area contributed by atoms with Gasteiger partial charge >= 0.3 is 10.2 Å². The van der Waals surface area contributed by atoms with Crippen molar-refractivity contribution in [3.63, 3.8) is 0 Å². The largest absolute Gasteiger partial charge is 0.379 e. The Morgan fingerprint density at radius 2 is 2.11 bits per heavy atom. The van der Waals surface area contributed by atoms with Crippen LogP contribution in [0.15, 0.2) is 16.7 Å². The van der Waals surface area contributed by atoms with Crippen molar-refractivity contribution >= 4 is 32.0 Å². The molecule has 100 valence electrons. The van der Waals surface area contributed by atoms with E-state index in [1.54, 1.807) is 13.1 Å². The highest BCUT2D eigenvalue weighted by atomic mass is 79.9. The van der Waals surface area contributed by atoms with E-state index in [9.17, 15) is 8.42 Å². The number of anilines is 1. The highest BCUT2D eigenvalue weighted by Gasteiger charge is 2.24. The fourth-order valence-corrected chi connectivity index (χ4v) is 3.28. The number of hydrogen-bond donors (Lipinski definition) is 1. The van der Waals surface area contributed by atoms with Gasteiger partial charge in [0.2, 0.25) is 0 Å². The Kier molecular flexibility index (Phi) is 4.21. The summed E-state index contributed by atoms with van der Waals surface area (Å²) in [6.45, 7) is 3.38. The van der Waals surface area contributed by atoms with E-state index in [-0.39, 0.29) is 0 Å². The number of aromatic nitrogens is 1. The molecule has 18 heavy (non-hydrogen) atoms. The molecule has 2 heterocycles. The number of pyridine rings is 1. The molecule has 0 radical (unpaired) electrons. The maximum absolute atomic E-state index is 12.1. The molecule has 6 nitrogen and oxygen atoms in total. The molecule has 0 amide bonds. The number of aryl methyl sites for hydroxylation is 1. The van der Waals surface area contributed by atoms with Crippen LogP contribution in [0.2, 0.25) is 0 Å². The second kappa shape index (κ2) is 5.52. The van der Waals surface area contributed by atoms with Crippen LogP contribution >= 0.6 is 15.9 Å². The van der Waals surface area contributed by atoms with Crippen LogP contribution in [0.3, 0.4) is 0 Å². The highest BCUT2D eigenvalue weighted by molar-refractivity contribution is 9.10. The topological polar surface area (TPSA) is 71.5 Å². The van der Waals surface area contributed by atoms with Gasteiger partial charge in [0.1, 0.15) is 5.82 Å². The van der Waals surface area contributed by atoms with Gasteiger partial charge in [-0.25, -0.2) is 4.98 Å².